The van der Waals surface area contributed by atoms with Crippen molar-refractivity contribution >= 4 is 5.78 Å². The molecule has 0 aliphatic rings. The Bertz CT molecular complexity index is 548. The maximum atomic E-state index is 12.2. The van der Waals surface area contributed by atoms with E-state index in [0.29, 0.717) is 18.1 Å². The predicted molar refractivity (Wildman–Crippen MR) is 69.1 cm³/mol. The molecule has 2 rings (SSSR count). The van der Waals surface area contributed by atoms with Crippen molar-refractivity contribution in [2.75, 3.05) is 7.11 Å². The number of hydrogen-bond acceptors (Lipinski definition) is 5. The van der Waals surface area contributed by atoms with Crippen molar-refractivity contribution in [1.82, 2.24) is 20.0 Å². The Morgan fingerprint density at radius 3 is 2.84 bits per heavy atom. The number of pyridine rings is 1. The van der Waals surface area contributed by atoms with Gasteiger partial charge >= 0.3 is 0 Å². The van der Waals surface area contributed by atoms with Crippen LogP contribution >= 0.6 is 0 Å². The highest BCUT2D eigenvalue weighted by molar-refractivity contribution is 5.95. The van der Waals surface area contributed by atoms with Gasteiger partial charge in [-0.1, -0.05) is 18.2 Å². The number of rotatable bonds is 6. The molecule has 0 bridgehead atoms. The fraction of sp³-hybridized carbons (Fsp3) is 0.385. The average Bonchev–Trinajstić information content (AvgIpc) is 2.88. The number of aryl methyl sites for hydroxylation is 1. The van der Waals surface area contributed by atoms with Crippen molar-refractivity contribution in [2.24, 2.45) is 0 Å². The highest BCUT2D eigenvalue weighted by atomic mass is 16.5. The second kappa shape index (κ2) is 6.08. The van der Waals surface area contributed by atoms with Crippen LogP contribution in [0.2, 0.25) is 0 Å². The Balaban J connectivity index is 2.09. The monoisotopic (exact) mass is 260 g/mol. The Morgan fingerprint density at radius 2 is 2.21 bits per heavy atom. The molecular weight excluding hydrogens is 244 g/mol. The topological polar surface area (TPSA) is 69.9 Å². The quantitative estimate of drug-likeness (QED) is 0.736. The third kappa shape index (κ3) is 3.15. The first-order chi connectivity index (χ1) is 9.24. The summed E-state index contributed by atoms with van der Waals surface area (Å²) in [6, 6.07) is 3.57. The standard InChI is InChI=1S/C13H16N4O2/c1-3-6-17-11(9-15-16-17)12(18)7-10-4-5-13(19-2)14-8-10/h4-5,8-9H,3,6-7H2,1-2H3. The Hall–Kier alpha value is -2.24. The minimum absolute atomic E-state index is 0.00887. The number of aromatic nitrogens is 4. The van der Waals surface area contributed by atoms with Crippen LogP contribution in [0.25, 0.3) is 0 Å². The van der Waals surface area contributed by atoms with Crippen LogP contribution in [0.15, 0.2) is 24.5 Å². The van der Waals surface area contributed by atoms with E-state index >= 15 is 0 Å². The molecular formula is C13H16N4O2. The van der Waals surface area contributed by atoms with Gasteiger partial charge in [0.05, 0.1) is 13.3 Å². The number of nitrogens with zero attached hydrogens (tertiary/aromatic N) is 4. The van der Waals surface area contributed by atoms with Crippen molar-refractivity contribution in [3.8, 4) is 5.88 Å². The van der Waals surface area contributed by atoms with Gasteiger partial charge in [-0.3, -0.25) is 4.79 Å². The van der Waals surface area contributed by atoms with E-state index in [1.54, 1.807) is 24.1 Å². The van der Waals surface area contributed by atoms with Crippen molar-refractivity contribution in [2.45, 2.75) is 26.3 Å². The molecule has 0 fully saturated rings. The van der Waals surface area contributed by atoms with Crippen LogP contribution in [0.1, 0.15) is 29.4 Å². The predicted octanol–water partition coefficient (Wildman–Crippen LogP) is 1.52. The number of carbonyl (C=O) groups is 1. The molecule has 0 saturated heterocycles. The fourth-order valence-corrected chi connectivity index (χ4v) is 1.76. The second-order valence-electron chi connectivity index (χ2n) is 4.15. The first-order valence-corrected chi connectivity index (χ1v) is 6.15. The zero-order valence-electron chi connectivity index (χ0n) is 11.0. The number of ketones is 1. The molecule has 6 heteroatoms. The van der Waals surface area contributed by atoms with E-state index in [1.807, 2.05) is 13.0 Å². The number of hydrogen-bond donors (Lipinski definition) is 0. The van der Waals surface area contributed by atoms with Gasteiger partial charge < -0.3 is 4.74 Å². The molecule has 0 radical (unpaired) electrons. The van der Waals surface area contributed by atoms with Gasteiger partial charge in [0.1, 0.15) is 5.69 Å². The first-order valence-electron chi connectivity index (χ1n) is 6.15. The van der Waals surface area contributed by atoms with Gasteiger partial charge in [0.15, 0.2) is 5.78 Å². The Labute approximate surface area is 111 Å². The summed E-state index contributed by atoms with van der Waals surface area (Å²) in [5, 5.41) is 7.69. The van der Waals surface area contributed by atoms with E-state index in [2.05, 4.69) is 15.3 Å². The molecule has 2 aromatic heterocycles. The average molecular weight is 260 g/mol. The molecule has 0 saturated carbocycles. The normalized spacial score (nSPS) is 10.4. The number of ether oxygens (including phenoxy) is 1. The molecule has 6 nitrogen and oxygen atoms in total. The van der Waals surface area contributed by atoms with E-state index in [0.717, 1.165) is 12.0 Å². The summed E-state index contributed by atoms with van der Waals surface area (Å²) in [7, 11) is 1.56. The summed E-state index contributed by atoms with van der Waals surface area (Å²) in [6.07, 6.45) is 4.35. The zero-order chi connectivity index (χ0) is 13.7. The molecule has 0 unspecified atom stereocenters. The summed E-state index contributed by atoms with van der Waals surface area (Å²) in [4.78, 5) is 16.2. The van der Waals surface area contributed by atoms with Gasteiger partial charge in [-0.15, -0.1) is 5.10 Å². The van der Waals surface area contributed by atoms with Crippen LogP contribution in [0.4, 0.5) is 0 Å². The smallest absolute Gasteiger partial charge is 0.212 e. The van der Waals surface area contributed by atoms with E-state index in [9.17, 15) is 4.79 Å². The first kappa shape index (κ1) is 13.2. The van der Waals surface area contributed by atoms with E-state index in [1.165, 1.54) is 6.20 Å². The summed E-state index contributed by atoms with van der Waals surface area (Å²) in [6.45, 7) is 2.73. The van der Waals surface area contributed by atoms with Gasteiger partial charge in [-0.05, 0) is 12.0 Å². The largest absolute Gasteiger partial charge is 0.481 e. The Kier molecular flexibility index (Phi) is 4.22. The maximum absolute atomic E-state index is 12.2. The third-order valence-corrected chi connectivity index (χ3v) is 2.71. The maximum Gasteiger partial charge on any atom is 0.212 e. The van der Waals surface area contributed by atoms with Crippen LogP contribution in [0, 0.1) is 0 Å². The van der Waals surface area contributed by atoms with E-state index in [4.69, 9.17) is 4.74 Å². The lowest BCUT2D eigenvalue weighted by molar-refractivity contribution is 0.0982. The summed E-state index contributed by atoms with van der Waals surface area (Å²) in [5.41, 5.74) is 1.38. The molecule has 0 N–H and O–H groups in total. The molecule has 0 aromatic carbocycles. The number of methoxy groups -OCH3 is 1. The molecule has 2 aromatic rings. The molecule has 0 spiro atoms. The van der Waals surface area contributed by atoms with Crippen molar-refractivity contribution in [3.05, 3.63) is 35.8 Å². The molecule has 0 atom stereocenters. The van der Waals surface area contributed by atoms with Crippen LogP contribution < -0.4 is 4.74 Å². The summed E-state index contributed by atoms with van der Waals surface area (Å²) in [5.74, 6) is 0.527. The second-order valence-corrected chi connectivity index (χ2v) is 4.15. The third-order valence-electron chi connectivity index (χ3n) is 2.71. The molecule has 0 amide bonds. The summed E-state index contributed by atoms with van der Waals surface area (Å²) < 4.78 is 6.62. The molecule has 100 valence electrons. The highest BCUT2D eigenvalue weighted by Gasteiger charge is 2.13. The van der Waals surface area contributed by atoms with Crippen LogP contribution in [0.3, 0.4) is 0 Å². The van der Waals surface area contributed by atoms with Crippen LogP contribution in [0.5, 0.6) is 5.88 Å². The van der Waals surface area contributed by atoms with Crippen LogP contribution in [-0.2, 0) is 13.0 Å². The van der Waals surface area contributed by atoms with Gasteiger partial charge in [0, 0.05) is 25.2 Å². The lowest BCUT2D eigenvalue weighted by atomic mass is 10.1. The van der Waals surface area contributed by atoms with Gasteiger partial charge in [0.25, 0.3) is 0 Å². The zero-order valence-corrected chi connectivity index (χ0v) is 11.0. The minimum Gasteiger partial charge on any atom is -0.481 e. The Morgan fingerprint density at radius 1 is 1.37 bits per heavy atom. The SMILES string of the molecule is CCCn1nncc1C(=O)Cc1ccc(OC)nc1. The number of Topliss-reactive ketones (excluding diaryl/α,β-unsaturated/α-hetero) is 1. The number of carbonyl (C=O) groups excluding carboxylic acids is 1. The summed E-state index contributed by atoms with van der Waals surface area (Å²) >= 11 is 0. The van der Waals surface area contributed by atoms with Gasteiger partial charge in [-0.25, -0.2) is 9.67 Å². The van der Waals surface area contributed by atoms with E-state index in [-0.39, 0.29) is 12.2 Å². The lowest BCUT2D eigenvalue weighted by Crippen LogP contribution is -2.12. The van der Waals surface area contributed by atoms with Gasteiger partial charge in [0.2, 0.25) is 5.88 Å². The van der Waals surface area contributed by atoms with Crippen LogP contribution in [-0.4, -0.2) is 32.9 Å². The fourth-order valence-electron chi connectivity index (χ4n) is 1.76. The van der Waals surface area contributed by atoms with Gasteiger partial charge in [-0.2, -0.15) is 0 Å². The molecule has 2 heterocycles. The highest BCUT2D eigenvalue weighted by Crippen LogP contribution is 2.10. The lowest BCUT2D eigenvalue weighted by Gasteiger charge is -2.04. The molecule has 0 aliphatic heterocycles. The van der Waals surface area contributed by atoms with Crippen molar-refractivity contribution in [3.63, 3.8) is 0 Å². The van der Waals surface area contributed by atoms with Crippen molar-refractivity contribution in [1.29, 1.82) is 0 Å². The minimum atomic E-state index is -0.00887. The molecule has 19 heavy (non-hydrogen) atoms. The van der Waals surface area contributed by atoms with E-state index < -0.39 is 0 Å². The molecule has 0 aliphatic carbocycles. The van der Waals surface area contributed by atoms with Crippen molar-refractivity contribution < 1.29 is 9.53 Å².